The molecule has 2 aromatic rings. The summed E-state index contributed by atoms with van der Waals surface area (Å²) in [6.07, 6.45) is 2.37. The van der Waals surface area contributed by atoms with Crippen LogP contribution in [0.3, 0.4) is 0 Å². The summed E-state index contributed by atoms with van der Waals surface area (Å²) in [5.41, 5.74) is 1.32. The molecule has 1 N–H and O–H groups in total. The number of nitrogens with zero attached hydrogens (tertiary/aromatic N) is 2. The van der Waals surface area contributed by atoms with Crippen molar-refractivity contribution in [2.45, 2.75) is 46.3 Å². The van der Waals surface area contributed by atoms with Crippen molar-refractivity contribution in [3.63, 3.8) is 0 Å². The Labute approximate surface area is 160 Å². The number of ether oxygens (including phenoxy) is 2. The fourth-order valence-electron chi connectivity index (χ4n) is 2.76. The second-order valence-corrected chi connectivity index (χ2v) is 6.33. The molecule has 27 heavy (non-hydrogen) atoms. The number of oxazole rings is 1. The molecule has 148 valence electrons. The third-order valence-electron chi connectivity index (χ3n) is 4.54. The molecule has 0 saturated heterocycles. The second kappa shape index (κ2) is 9.97. The van der Waals surface area contributed by atoms with Gasteiger partial charge in [0.15, 0.2) is 5.69 Å². The van der Waals surface area contributed by atoms with Crippen LogP contribution in [0.1, 0.15) is 49.1 Å². The maximum Gasteiger partial charge on any atom is 0.273 e. The average Bonchev–Trinajstić information content (AvgIpc) is 3.15. The predicted octanol–water partition coefficient (Wildman–Crippen LogP) is 3.24. The molecule has 1 aromatic carbocycles. The summed E-state index contributed by atoms with van der Waals surface area (Å²) in [6.45, 7) is 7.85. The van der Waals surface area contributed by atoms with Gasteiger partial charge in [-0.2, -0.15) is 0 Å². The monoisotopic (exact) mass is 375 g/mol. The van der Waals surface area contributed by atoms with Crippen LogP contribution in [0, 0.1) is 0 Å². The Morgan fingerprint density at radius 1 is 1.26 bits per heavy atom. The molecule has 0 bridgehead atoms. The van der Waals surface area contributed by atoms with Gasteiger partial charge in [-0.1, -0.05) is 6.92 Å². The molecule has 0 fully saturated rings. The topological polar surface area (TPSA) is 76.8 Å². The van der Waals surface area contributed by atoms with Crippen LogP contribution >= 0.6 is 0 Å². The van der Waals surface area contributed by atoms with Gasteiger partial charge in [-0.25, -0.2) is 4.98 Å². The molecular formula is C20H29N3O4. The minimum Gasteiger partial charge on any atom is -0.497 e. The number of hydrogen-bond donors (Lipinski definition) is 1. The van der Waals surface area contributed by atoms with Crippen LogP contribution < -0.4 is 14.8 Å². The number of nitrogens with one attached hydrogen (secondary N) is 1. The summed E-state index contributed by atoms with van der Waals surface area (Å²) >= 11 is 0. The first-order valence-electron chi connectivity index (χ1n) is 9.19. The molecule has 1 heterocycles. The highest BCUT2D eigenvalue weighted by atomic mass is 16.5. The van der Waals surface area contributed by atoms with Crippen molar-refractivity contribution in [2.24, 2.45) is 0 Å². The van der Waals surface area contributed by atoms with Crippen LogP contribution in [0.15, 0.2) is 28.9 Å². The number of carbonyl (C=O) groups excluding carboxylic acids is 1. The van der Waals surface area contributed by atoms with Crippen molar-refractivity contribution in [2.75, 3.05) is 20.8 Å². The number of carbonyl (C=O) groups is 1. The number of amides is 1. The molecule has 1 amide bonds. The highest BCUT2D eigenvalue weighted by Crippen LogP contribution is 2.27. The highest BCUT2D eigenvalue weighted by molar-refractivity contribution is 5.91. The van der Waals surface area contributed by atoms with Gasteiger partial charge in [0.05, 0.1) is 20.8 Å². The van der Waals surface area contributed by atoms with Gasteiger partial charge in [-0.15, -0.1) is 0 Å². The van der Waals surface area contributed by atoms with Crippen LogP contribution in [0.4, 0.5) is 0 Å². The SMILES string of the molecule is CCNC(=O)c1coc(CN(Cc2cc(OC)ccc2OC)C(C)CC)n1. The Balaban J connectivity index is 2.20. The van der Waals surface area contributed by atoms with Gasteiger partial charge in [0.25, 0.3) is 5.91 Å². The van der Waals surface area contributed by atoms with E-state index in [1.807, 2.05) is 25.1 Å². The number of aromatic nitrogens is 1. The van der Waals surface area contributed by atoms with E-state index in [-0.39, 0.29) is 5.91 Å². The third-order valence-corrected chi connectivity index (χ3v) is 4.54. The van der Waals surface area contributed by atoms with Crippen molar-refractivity contribution in [1.82, 2.24) is 15.2 Å². The van der Waals surface area contributed by atoms with Crippen molar-refractivity contribution in [3.05, 3.63) is 41.6 Å². The van der Waals surface area contributed by atoms with Gasteiger partial charge in [0.2, 0.25) is 5.89 Å². The second-order valence-electron chi connectivity index (χ2n) is 6.33. The van der Waals surface area contributed by atoms with Crippen LogP contribution in [-0.2, 0) is 13.1 Å². The molecule has 0 spiro atoms. The number of benzene rings is 1. The zero-order chi connectivity index (χ0) is 19.8. The Morgan fingerprint density at radius 3 is 2.67 bits per heavy atom. The Morgan fingerprint density at radius 2 is 2.04 bits per heavy atom. The standard InChI is InChI=1S/C20H29N3O4/c1-6-14(3)23(11-15-10-16(25-4)8-9-18(15)26-5)12-19-22-17(13-27-19)20(24)21-7-2/h8-10,13-14H,6-7,11-12H2,1-5H3,(H,21,24). The molecule has 7 nitrogen and oxygen atoms in total. The summed E-state index contributed by atoms with van der Waals surface area (Å²) in [7, 11) is 3.30. The molecule has 2 rings (SSSR count). The molecule has 1 unspecified atom stereocenters. The zero-order valence-corrected chi connectivity index (χ0v) is 16.7. The number of hydrogen-bond acceptors (Lipinski definition) is 6. The van der Waals surface area contributed by atoms with E-state index < -0.39 is 0 Å². The molecule has 7 heteroatoms. The summed E-state index contributed by atoms with van der Waals surface area (Å²) < 4.78 is 16.4. The van der Waals surface area contributed by atoms with E-state index in [1.165, 1.54) is 6.26 Å². The quantitative estimate of drug-likeness (QED) is 0.687. The summed E-state index contributed by atoms with van der Waals surface area (Å²) in [6, 6.07) is 6.05. The molecule has 1 aromatic heterocycles. The largest absolute Gasteiger partial charge is 0.497 e. The van der Waals surface area contributed by atoms with Gasteiger partial charge in [-0.05, 0) is 38.5 Å². The van der Waals surface area contributed by atoms with Crippen molar-refractivity contribution >= 4 is 5.91 Å². The third kappa shape index (κ3) is 5.47. The van der Waals surface area contributed by atoms with Gasteiger partial charge in [-0.3, -0.25) is 9.69 Å². The van der Waals surface area contributed by atoms with Crippen molar-refractivity contribution in [3.8, 4) is 11.5 Å². The number of methoxy groups -OCH3 is 2. The first kappa shape index (κ1) is 20.8. The van der Waals surface area contributed by atoms with Gasteiger partial charge in [0, 0.05) is 24.7 Å². The maximum absolute atomic E-state index is 11.9. The smallest absolute Gasteiger partial charge is 0.273 e. The van der Waals surface area contributed by atoms with E-state index in [2.05, 4.69) is 29.0 Å². The highest BCUT2D eigenvalue weighted by Gasteiger charge is 2.20. The lowest BCUT2D eigenvalue weighted by atomic mass is 10.1. The van der Waals surface area contributed by atoms with Crippen LogP contribution in [0.5, 0.6) is 11.5 Å². The van der Waals surface area contributed by atoms with E-state index in [4.69, 9.17) is 13.9 Å². The van der Waals surface area contributed by atoms with Crippen LogP contribution in [-0.4, -0.2) is 42.6 Å². The summed E-state index contributed by atoms with van der Waals surface area (Å²) in [4.78, 5) is 18.5. The first-order chi connectivity index (χ1) is 13.0. The molecule has 0 aliphatic rings. The predicted molar refractivity (Wildman–Crippen MR) is 103 cm³/mol. The van der Waals surface area contributed by atoms with Gasteiger partial charge in [0.1, 0.15) is 17.8 Å². The van der Waals surface area contributed by atoms with Gasteiger partial charge >= 0.3 is 0 Å². The van der Waals surface area contributed by atoms with Crippen LogP contribution in [0.25, 0.3) is 0 Å². The Hall–Kier alpha value is -2.54. The lowest BCUT2D eigenvalue weighted by Crippen LogP contribution is -2.32. The molecule has 1 atom stereocenters. The van der Waals surface area contributed by atoms with Gasteiger partial charge < -0.3 is 19.2 Å². The van der Waals surface area contributed by atoms with Crippen molar-refractivity contribution < 1.29 is 18.7 Å². The Bertz CT molecular complexity index is 745. The minimum atomic E-state index is -0.225. The first-order valence-corrected chi connectivity index (χ1v) is 9.19. The summed E-state index contributed by atoms with van der Waals surface area (Å²) in [5.74, 6) is 1.87. The average molecular weight is 375 g/mol. The molecule has 0 radical (unpaired) electrons. The van der Waals surface area contributed by atoms with E-state index in [0.29, 0.717) is 37.3 Å². The lowest BCUT2D eigenvalue weighted by Gasteiger charge is -2.28. The van der Waals surface area contributed by atoms with Crippen LogP contribution in [0.2, 0.25) is 0 Å². The Kier molecular flexibility index (Phi) is 7.67. The van der Waals surface area contributed by atoms with E-state index >= 15 is 0 Å². The normalized spacial score (nSPS) is 12.1. The van der Waals surface area contributed by atoms with E-state index in [0.717, 1.165) is 23.5 Å². The molecule has 0 saturated carbocycles. The fourth-order valence-corrected chi connectivity index (χ4v) is 2.76. The minimum absolute atomic E-state index is 0.225. The molecule has 0 aliphatic carbocycles. The van der Waals surface area contributed by atoms with E-state index in [9.17, 15) is 4.79 Å². The molecular weight excluding hydrogens is 346 g/mol. The molecule has 0 aliphatic heterocycles. The summed E-state index contributed by atoms with van der Waals surface area (Å²) in [5, 5.41) is 2.72. The number of rotatable bonds is 10. The lowest BCUT2D eigenvalue weighted by molar-refractivity contribution is 0.0950. The fraction of sp³-hybridized carbons (Fsp3) is 0.500. The maximum atomic E-state index is 11.9. The zero-order valence-electron chi connectivity index (χ0n) is 16.7. The van der Waals surface area contributed by atoms with E-state index in [1.54, 1.807) is 14.2 Å². The van der Waals surface area contributed by atoms with Crippen molar-refractivity contribution in [1.29, 1.82) is 0 Å².